The first kappa shape index (κ1) is 83.9. The zero-order chi connectivity index (χ0) is 76.2. The molecule has 0 aliphatic heterocycles. The molecule has 0 unspecified atom stereocenters. The third-order valence-corrected chi connectivity index (χ3v) is 16.2. The molecule has 0 bridgehead atoms. The summed E-state index contributed by atoms with van der Waals surface area (Å²) in [5.41, 5.74) is 7.39. The average Bonchev–Trinajstić information content (AvgIpc) is 1.63. The Morgan fingerprint density at radius 3 is 1.27 bits per heavy atom. The molecule has 20 N–H and O–H groups in total. The Labute approximate surface area is 589 Å². The van der Waals surface area contributed by atoms with E-state index >= 15 is 0 Å². The van der Waals surface area contributed by atoms with Crippen LogP contribution in [0.2, 0.25) is 0 Å². The van der Waals surface area contributed by atoms with Crippen molar-refractivity contribution in [2.45, 2.75) is 199 Å². The first-order valence-electron chi connectivity index (χ1n) is 33.4. The SMILES string of the molecule is CC(=O)N[C@H](C(=O)N[C@H](C(=O)N[C@@H](Cc1ccccc1)C(=O)N[C@H](C(=O)N[C@@H](CO)C(=O)N[C@@H](Cc1c[nH]c2ccccc12)C(=O)N[C@@H](CCC(=O)O)C(=O)N[C@@H](CCC(=O)O)C(=O)N[C@@H](Cc1ccc(O)cc1)C(=O)N[C@@H](CC(C)C)C(=O)N[C@@H](CC(C)C)C(N)=O)[C@@H](C)O)C(C)C)[C@@H](C)O. The summed E-state index contributed by atoms with van der Waals surface area (Å²) in [6.45, 7) is 12.5. The van der Waals surface area contributed by atoms with Crippen molar-refractivity contribution in [3.05, 3.63) is 102 Å². The fraction of sp³-hybridized carbons (Fsp3) is 0.507. The summed E-state index contributed by atoms with van der Waals surface area (Å²) in [5.74, 6) is -16.4. The van der Waals surface area contributed by atoms with Gasteiger partial charge in [0.1, 0.15) is 72.2 Å². The number of phenols is 1. The predicted molar refractivity (Wildman–Crippen MR) is 368 cm³/mol. The van der Waals surface area contributed by atoms with Crippen LogP contribution < -0.4 is 64.2 Å². The maximum Gasteiger partial charge on any atom is 0.303 e. The van der Waals surface area contributed by atoms with Gasteiger partial charge in [-0.25, -0.2) is 0 Å². The highest BCUT2D eigenvalue weighted by atomic mass is 16.4. The molecule has 102 heavy (non-hydrogen) atoms. The number of aliphatic carboxylic acids is 2. The van der Waals surface area contributed by atoms with Crippen LogP contribution in [-0.4, -0.2) is 204 Å². The number of para-hydroxylation sites is 1. The normalized spacial score (nSPS) is 15.1. The number of hydrogen-bond donors (Lipinski definition) is 19. The number of aliphatic hydroxyl groups is 3. The molecule has 558 valence electrons. The second-order valence-corrected chi connectivity index (χ2v) is 26.2. The Hall–Kier alpha value is -10.5. The number of fused-ring (bicyclic) bond motifs is 1. The maximum atomic E-state index is 14.8. The van der Waals surface area contributed by atoms with Crippen molar-refractivity contribution >= 4 is 93.7 Å². The van der Waals surface area contributed by atoms with E-state index in [1.54, 1.807) is 96.1 Å². The van der Waals surface area contributed by atoms with Crippen molar-refractivity contribution in [1.29, 1.82) is 0 Å². The summed E-state index contributed by atoms with van der Waals surface area (Å²) in [7, 11) is 0. The van der Waals surface area contributed by atoms with E-state index in [1.165, 1.54) is 37.4 Å². The smallest absolute Gasteiger partial charge is 0.303 e. The summed E-state index contributed by atoms with van der Waals surface area (Å²) >= 11 is 0. The fourth-order valence-electron chi connectivity index (χ4n) is 10.8. The number of aliphatic hydroxyl groups excluding tert-OH is 3. The molecule has 0 aliphatic rings. The predicted octanol–water partition coefficient (Wildman–Crippen LogP) is -2.03. The molecule has 4 aromatic rings. The number of hydrogen-bond acceptors (Lipinski definition) is 18. The van der Waals surface area contributed by atoms with Gasteiger partial charge in [0.25, 0.3) is 0 Å². The number of aromatic nitrogens is 1. The third kappa shape index (κ3) is 27.5. The van der Waals surface area contributed by atoms with E-state index < -0.39 is 206 Å². The first-order chi connectivity index (χ1) is 48.0. The Morgan fingerprint density at radius 1 is 0.422 bits per heavy atom. The van der Waals surface area contributed by atoms with Gasteiger partial charge in [0.2, 0.25) is 70.9 Å². The van der Waals surface area contributed by atoms with Crippen LogP contribution in [0, 0.1) is 17.8 Å². The summed E-state index contributed by atoms with van der Waals surface area (Å²) < 4.78 is 0. The van der Waals surface area contributed by atoms with Crippen LogP contribution >= 0.6 is 0 Å². The number of phenolic OH excluding ortho intramolecular Hbond substituents is 1. The molecule has 33 nitrogen and oxygen atoms in total. The Balaban J connectivity index is 1.67. The molecule has 13 atom stereocenters. The number of aromatic amines is 1. The van der Waals surface area contributed by atoms with Gasteiger partial charge in [-0.1, -0.05) is 102 Å². The van der Waals surface area contributed by atoms with E-state index in [2.05, 4.69) is 63.5 Å². The lowest BCUT2D eigenvalue weighted by atomic mass is 9.99. The quantitative estimate of drug-likeness (QED) is 0.0227. The highest BCUT2D eigenvalue weighted by Crippen LogP contribution is 2.21. The molecule has 4 rings (SSSR count). The van der Waals surface area contributed by atoms with Gasteiger partial charge in [0.05, 0.1) is 18.8 Å². The van der Waals surface area contributed by atoms with Crippen molar-refractivity contribution < 1.29 is 97.8 Å². The van der Waals surface area contributed by atoms with Crippen molar-refractivity contribution in [2.75, 3.05) is 6.61 Å². The van der Waals surface area contributed by atoms with Crippen LogP contribution in [0.25, 0.3) is 10.9 Å². The first-order valence-corrected chi connectivity index (χ1v) is 33.4. The highest BCUT2D eigenvalue weighted by Gasteiger charge is 2.39. The van der Waals surface area contributed by atoms with Crippen LogP contribution in [0.1, 0.15) is 118 Å². The van der Waals surface area contributed by atoms with Gasteiger partial charge in [0.15, 0.2) is 0 Å². The van der Waals surface area contributed by atoms with E-state index in [-0.39, 0.29) is 43.3 Å². The van der Waals surface area contributed by atoms with Crippen molar-refractivity contribution in [3.8, 4) is 5.75 Å². The Bertz CT molecular complexity index is 3570. The molecule has 1 heterocycles. The van der Waals surface area contributed by atoms with Gasteiger partial charge in [-0.3, -0.25) is 67.1 Å². The van der Waals surface area contributed by atoms with E-state index in [4.69, 9.17) is 5.73 Å². The molecule has 0 spiro atoms. The number of carbonyl (C=O) groups is 14. The zero-order valence-corrected chi connectivity index (χ0v) is 58.4. The maximum absolute atomic E-state index is 14.8. The Morgan fingerprint density at radius 2 is 0.794 bits per heavy atom. The average molecular weight is 1430 g/mol. The number of H-pyrrole nitrogens is 1. The van der Waals surface area contributed by atoms with Gasteiger partial charge in [-0.15, -0.1) is 0 Å². The Kier molecular flexibility index (Phi) is 33.4. The van der Waals surface area contributed by atoms with Crippen LogP contribution in [0.15, 0.2) is 85.1 Å². The minimum absolute atomic E-state index is 0.0226. The second kappa shape index (κ2) is 40.6. The summed E-state index contributed by atoms with van der Waals surface area (Å²) in [6, 6.07) is 2.44. The summed E-state index contributed by atoms with van der Waals surface area (Å²) in [6.07, 6.45) is -5.44. The lowest BCUT2D eigenvalue weighted by molar-refractivity contribution is -0.140. The second-order valence-electron chi connectivity index (χ2n) is 26.2. The molecule has 12 amide bonds. The van der Waals surface area contributed by atoms with Gasteiger partial charge >= 0.3 is 11.9 Å². The molecule has 0 saturated carbocycles. The van der Waals surface area contributed by atoms with Crippen molar-refractivity contribution in [2.24, 2.45) is 23.5 Å². The van der Waals surface area contributed by atoms with Crippen LogP contribution in [-0.2, 0) is 86.4 Å². The number of primary amides is 1. The topological polar surface area (TPSA) is 534 Å². The number of rotatable bonds is 42. The molecule has 0 saturated heterocycles. The molecule has 0 fully saturated rings. The standard InChI is InChI=1S/C69H97N13O20/c1-34(2)27-48(59(70)92)75-62(95)49(28-35(3)4)76-63(96)50(30-41-19-21-43(87)22-20-41)77-61(94)47(24-26-55(90)91)73-60(93)46(23-25-54(88)89)74-64(97)52(31-42-32-71-45-18-14-13-17-44(42)45)78-66(99)53(33-83)80-68(101)58(38(8)85)82-65(98)51(29-40-15-11-10-12-16-40)79-67(100)56(36(5)6)81-69(102)57(37(7)84)72-39(9)86/h10-22,32,34-38,46-53,56-58,71,83-85,87H,23-31,33H2,1-9H3,(H2,70,92)(H,72,86)(H,73,93)(H,74,97)(H,75,95)(H,76,96)(H,77,94)(H,78,99)(H,79,100)(H,80,101)(H,81,102)(H,82,98)(H,88,89)(H,90,91)/t37-,38-,46+,47+,48+,49+,50+,51+,52+,53+,56+,57+,58+/m1/s1. The molecule has 33 heteroatoms. The minimum Gasteiger partial charge on any atom is -0.508 e. The molecule has 0 aliphatic carbocycles. The van der Waals surface area contributed by atoms with Gasteiger partial charge in [-0.2, -0.15) is 0 Å². The summed E-state index contributed by atoms with van der Waals surface area (Å²) in [4.78, 5) is 194. The number of nitrogens with one attached hydrogen (secondary N) is 12. The number of aromatic hydroxyl groups is 1. The molecule has 1 aromatic heterocycles. The lowest BCUT2D eigenvalue weighted by Gasteiger charge is -2.29. The zero-order valence-electron chi connectivity index (χ0n) is 58.4. The molecular weight excluding hydrogens is 1330 g/mol. The number of carbonyl (C=O) groups excluding carboxylic acids is 12. The molecule has 3 aromatic carbocycles. The number of nitrogens with two attached hydrogens (primary N) is 1. The van der Waals surface area contributed by atoms with Crippen LogP contribution in [0.3, 0.4) is 0 Å². The van der Waals surface area contributed by atoms with E-state index in [1.807, 2.05) is 0 Å². The van der Waals surface area contributed by atoms with Crippen molar-refractivity contribution in [1.82, 2.24) is 63.5 Å². The van der Waals surface area contributed by atoms with E-state index in [0.717, 1.165) is 13.8 Å². The lowest BCUT2D eigenvalue weighted by Crippen LogP contribution is -2.63. The number of benzene rings is 3. The molecule has 0 radical (unpaired) electrons. The third-order valence-electron chi connectivity index (χ3n) is 16.2. The molecular formula is C69H97N13O20. The highest BCUT2D eigenvalue weighted by molar-refractivity contribution is 6.00. The van der Waals surface area contributed by atoms with Crippen LogP contribution in [0.4, 0.5) is 0 Å². The number of amides is 12. The van der Waals surface area contributed by atoms with E-state index in [9.17, 15) is 97.8 Å². The van der Waals surface area contributed by atoms with E-state index in [0.29, 0.717) is 27.6 Å². The monoisotopic (exact) mass is 1430 g/mol. The largest absolute Gasteiger partial charge is 0.508 e. The van der Waals surface area contributed by atoms with Crippen LogP contribution in [0.5, 0.6) is 5.75 Å². The van der Waals surface area contributed by atoms with Crippen molar-refractivity contribution in [3.63, 3.8) is 0 Å². The fourth-order valence-corrected chi connectivity index (χ4v) is 10.8. The minimum atomic E-state index is -1.99. The number of carboxylic acids is 2. The van der Waals surface area contributed by atoms with Gasteiger partial charge in [-0.05, 0) is 92.2 Å². The van der Waals surface area contributed by atoms with Gasteiger partial charge < -0.3 is 99.8 Å². The van der Waals surface area contributed by atoms with Gasteiger partial charge in [0, 0.05) is 56.1 Å². The number of carboxylic acid groups (broad SMARTS) is 2. The summed E-state index contributed by atoms with van der Waals surface area (Å²) in [5, 5.41) is 89.2.